The van der Waals surface area contributed by atoms with E-state index in [0.29, 0.717) is 6.04 Å². The molecule has 1 atom stereocenters. The Morgan fingerprint density at radius 3 is 3.21 bits per heavy atom. The molecule has 2 N–H and O–H groups in total. The third-order valence-electron chi connectivity index (χ3n) is 2.63. The van der Waals surface area contributed by atoms with Crippen molar-refractivity contribution in [1.82, 2.24) is 10.3 Å². The molecule has 0 aromatic carbocycles. The topological polar surface area (TPSA) is 37.0 Å². The molecule has 0 spiro atoms. The first kappa shape index (κ1) is 9.46. The van der Waals surface area contributed by atoms with E-state index in [1.807, 2.05) is 24.4 Å². The fraction of sp³-hybridized carbons (Fsp3) is 0.545. The minimum absolute atomic E-state index is 0.714. The van der Waals surface area contributed by atoms with E-state index in [1.54, 1.807) is 0 Å². The number of rotatable bonds is 4. The molecule has 2 heterocycles. The van der Waals surface area contributed by atoms with E-state index in [2.05, 4.69) is 15.6 Å². The van der Waals surface area contributed by atoms with E-state index in [0.717, 1.165) is 12.4 Å². The van der Waals surface area contributed by atoms with E-state index in [1.165, 1.54) is 25.8 Å². The highest BCUT2D eigenvalue weighted by Gasteiger charge is 2.12. The van der Waals surface area contributed by atoms with Gasteiger partial charge in [0.2, 0.25) is 0 Å². The number of anilines is 1. The summed E-state index contributed by atoms with van der Waals surface area (Å²) in [5, 5.41) is 6.80. The van der Waals surface area contributed by atoms with Gasteiger partial charge in [-0.05, 0) is 37.9 Å². The van der Waals surface area contributed by atoms with Crippen molar-refractivity contribution in [3.8, 4) is 0 Å². The lowest BCUT2D eigenvalue weighted by Gasteiger charge is -2.10. The number of aromatic nitrogens is 1. The zero-order valence-corrected chi connectivity index (χ0v) is 8.37. The molecular weight excluding hydrogens is 174 g/mol. The molecule has 0 aliphatic carbocycles. The Labute approximate surface area is 84.9 Å². The van der Waals surface area contributed by atoms with Gasteiger partial charge in [-0.1, -0.05) is 6.07 Å². The van der Waals surface area contributed by atoms with Crippen molar-refractivity contribution >= 4 is 5.82 Å². The number of pyridine rings is 1. The molecular formula is C11H17N3. The van der Waals surface area contributed by atoms with Crippen LogP contribution in [0, 0.1) is 0 Å². The van der Waals surface area contributed by atoms with Crippen LogP contribution in [-0.4, -0.2) is 24.1 Å². The van der Waals surface area contributed by atoms with Crippen molar-refractivity contribution < 1.29 is 0 Å². The number of hydrogen-bond donors (Lipinski definition) is 2. The molecule has 0 unspecified atom stereocenters. The summed E-state index contributed by atoms with van der Waals surface area (Å²) in [4.78, 5) is 4.21. The average Bonchev–Trinajstić information content (AvgIpc) is 2.72. The number of nitrogens with zero attached hydrogens (tertiary/aromatic N) is 1. The Kier molecular flexibility index (Phi) is 3.35. The molecule has 14 heavy (non-hydrogen) atoms. The summed E-state index contributed by atoms with van der Waals surface area (Å²) in [5.41, 5.74) is 0. The van der Waals surface area contributed by atoms with Crippen LogP contribution in [0.3, 0.4) is 0 Å². The van der Waals surface area contributed by atoms with Crippen molar-refractivity contribution in [2.75, 3.05) is 18.4 Å². The molecule has 1 aliphatic heterocycles. The molecule has 1 aliphatic rings. The predicted octanol–water partition coefficient (Wildman–Crippen LogP) is 1.64. The molecule has 3 heteroatoms. The summed E-state index contributed by atoms with van der Waals surface area (Å²) in [5.74, 6) is 0.977. The quantitative estimate of drug-likeness (QED) is 0.759. The summed E-state index contributed by atoms with van der Waals surface area (Å²) in [6, 6.07) is 6.65. The second-order valence-corrected chi connectivity index (χ2v) is 3.72. The molecule has 3 nitrogen and oxygen atoms in total. The van der Waals surface area contributed by atoms with Gasteiger partial charge in [-0.25, -0.2) is 4.98 Å². The van der Waals surface area contributed by atoms with Crippen molar-refractivity contribution in [1.29, 1.82) is 0 Å². The lowest BCUT2D eigenvalue weighted by Crippen LogP contribution is -2.24. The van der Waals surface area contributed by atoms with Crippen LogP contribution in [0.5, 0.6) is 0 Å². The first-order valence-electron chi connectivity index (χ1n) is 5.33. The molecule has 1 saturated heterocycles. The minimum atomic E-state index is 0.714. The molecule has 0 bridgehead atoms. The van der Waals surface area contributed by atoms with Crippen LogP contribution < -0.4 is 10.6 Å². The zero-order valence-electron chi connectivity index (χ0n) is 8.37. The monoisotopic (exact) mass is 191 g/mol. The van der Waals surface area contributed by atoms with Crippen molar-refractivity contribution in [2.24, 2.45) is 0 Å². The maximum absolute atomic E-state index is 4.21. The van der Waals surface area contributed by atoms with Gasteiger partial charge >= 0.3 is 0 Å². The molecule has 1 fully saturated rings. The van der Waals surface area contributed by atoms with Gasteiger partial charge < -0.3 is 10.6 Å². The van der Waals surface area contributed by atoms with Crippen molar-refractivity contribution in [3.05, 3.63) is 24.4 Å². The fourth-order valence-corrected chi connectivity index (χ4v) is 1.84. The average molecular weight is 191 g/mol. The van der Waals surface area contributed by atoms with Crippen LogP contribution in [0.4, 0.5) is 5.82 Å². The van der Waals surface area contributed by atoms with Gasteiger partial charge in [-0.15, -0.1) is 0 Å². The van der Waals surface area contributed by atoms with Gasteiger partial charge in [0, 0.05) is 18.8 Å². The van der Waals surface area contributed by atoms with E-state index in [9.17, 15) is 0 Å². The third-order valence-corrected chi connectivity index (χ3v) is 2.63. The predicted molar refractivity (Wildman–Crippen MR) is 58.4 cm³/mol. The van der Waals surface area contributed by atoms with E-state index in [-0.39, 0.29) is 0 Å². The van der Waals surface area contributed by atoms with Gasteiger partial charge in [-0.3, -0.25) is 0 Å². The highest BCUT2D eigenvalue weighted by Crippen LogP contribution is 2.09. The fourth-order valence-electron chi connectivity index (χ4n) is 1.84. The molecule has 1 aromatic heterocycles. The number of nitrogens with one attached hydrogen (secondary N) is 2. The Hall–Kier alpha value is -1.09. The SMILES string of the molecule is c1ccc(NCC[C@@H]2CCCN2)nc1. The first-order valence-corrected chi connectivity index (χ1v) is 5.33. The van der Waals surface area contributed by atoms with Crippen LogP contribution in [0.15, 0.2) is 24.4 Å². The highest BCUT2D eigenvalue weighted by molar-refractivity contribution is 5.32. The van der Waals surface area contributed by atoms with E-state index >= 15 is 0 Å². The van der Waals surface area contributed by atoms with E-state index in [4.69, 9.17) is 0 Å². The minimum Gasteiger partial charge on any atom is -0.370 e. The Balaban J connectivity index is 1.67. The molecule has 0 radical (unpaired) electrons. The molecule has 1 aromatic rings. The molecule has 0 saturated carbocycles. The van der Waals surface area contributed by atoms with Crippen molar-refractivity contribution in [2.45, 2.75) is 25.3 Å². The van der Waals surface area contributed by atoms with Gasteiger partial charge in [0.15, 0.2) is 0 Å². The lowest BCUT2D eigenvalue weighted by molar-refractivity contribution is 0.574. The van der Waals surface area contributed by atoms with Crippen LogP contribution >= 0.6 is 0 Å². The van der Waals surface area contributed by atoms with Gasteiger partial charge in [0.25, 0.3) is 0 Å². The largest absolute Gasteiger partial charge is 0.370 e. The summed E-state index contributed by atoms with van der Waals surface area (Å²) in [6.07, 6.45) is 5.66. The summed E-state index contributed by atoms with van der Waals surface area (Å²) < 4.78 is 0. The Morgan fingerprint density at radius 1 is 1.50 bits per heavy atom. The summed E-state index contributed by atoms with van der Waals surface area (Å²) in [7, 11) is 0. The van der Waals surface area contributed by atoms with Crippen molar-refractivity contribution in [3.63, 3.8) is 0 Å². The van der Waals surface area contributed by atoms with Crippen LogP contribution in [0.2, 0.25) is 0 Å². The Morgan fingerprint density at radius 2 is 2.50 bits per heavy atom. The van der Waals surface area contributed by atoms with Gasteiger partial charge in [-0.2, -0.15) is 0 Å². The second kappa shape index (κ2) is 4.96. The zero-order chi connectivity index (χ0) is 9.64. The normalized spacial score (nSPS) is 21.0. The van der Waals surface area contributed by atoms with Crippen LogP contribution in [0.25, 0.3) is 0 Å². The summed E-state index contributed by atoms with van der Waals surface area (Å²) >= 11 is 0. The van der Waals surface area contributed by atoms with E-state index < -0.39 is 0 Å². The lowest BCUT2D eigenvalue weighted by atomic mass is 10.1. The maximum Gasteiger partial charge on any atom is 0.125 e. The molecule has 2 rings (SSSR count). The van der Waals surface area contributed by atoms with Crippen LogP contribution in [-0.2, 0) is 0 Å². The summed E-state index contributed by atoms with van der Waals surface area (Å²) in [6.45, 7) is 2.20. The van der Waals surface area contributed by atoms with Crippen LogP contribution in [0.1, 0.15) is 19.3 Å². The molecule has 76 valence electrons. The van der Waals surface area contributed by atoms with Gasteiger partial charge in [0.1, 0.15) is 5.82 Å². The number of hydrogen-bond acceptors (Lipinski definition) is 3. The smallest absolute Gasteiger partial charge is 0.125 e. The third kappa shape index (κ3) is 2.70. The maximum atomic E-state index is 4.21. The standard InChI is InChI=1S/C11H17N3/c1-2-7-13-11(5-1)14-9-6-10-4-3-8-12-10/h1-2,5,7,10,12H,3-4,6,8-9H2,(H,13,14)/t10-/m0/s1. The highest BCUT2D eigenvalue weighted by atomic mass is 15.0. The molecule has 0 amide bonds. The Bertz CT molecular complexity index is 254. The second-order valence-electron chi connectivity index (χ2n) is 3.72. The first-order chi connectivity index (χ1) is 6.95. The van der Waals surface area contributed by atoms with Gasteiger partial charge in [0.05, 0.1) is 0 Å².